The Hall–Kier alpha value is -2.78. The lowest BCUT2D eigenvalue weighted by atomic mass is 10.1. The zero-order valence-corrected chi connectivity index (χ0v) is 17.4. The molecule has 0 bridgehead atoms. The van der Waals surface area contributed by atoms with E-state index in [0.717, 1.165) is 22.5 Å². The van der Waals surface area contributed by atoms with Crippen LogP contribution in [0.4, 0.5) is 5.69 Å². The van der Waals surface area contributed by atoms with Gasteiger partial charge in [0.1, 0.15) is 12.4 Å². The Kier molecular flexibility index (Phi) is 5.63. The SMILES string of the molecule is Cc1cccc(NCc2ccc(OCc3cccc4ccccc34)c(Br)c2)c1. The van der Waals surface area contributed by atoms with Crippen LogP contribution in [0.3, 0.4) is 0 Å². The van der Waals surface area contributed by atoms with E-state index < -0.39 is 0 Å². The lowest BCUT2D eigenvalue weighted by Gasteiger charge is -2.12. The zero-order chi connectivity index (χ0) is 19.3. The highest BCUT2D eigenvalue weighted by atomic mass is 79.9. The van der Waals surface area contributed by atoms with Crippen LogP contribution in [-0.2, 0) is 13.2 Å². The van der Waals surface area contributed by atoms with Gasteiger partial charge in [-0.1, -0.05) is 60.7 Å². The minimum atomic E-state index is 0.543. The topological polar surface area (TPSA) is 21.3 Å². The van der Waals surface area contributed by atoms with E-state index in [4.69, 9.17) is 4.74 Å². The van der Waals surface area contributed by atoms with E-state index in [9.17, 15) is 0 Å². The van der Waals surface area contributed by atoms with Gasteiger partial charge < -0.3 is 10.1 Å². The third kappa shape index (κ3) is 4.37. The molecule has 0 fully saturated rings. The number of rotatable bonds is 6. The Morgan fingerprint density at radius 1 is 0.857 bits per heavy atom. The molecule has 0 heterocycles. The standard InChI is InChI=1S/C25H22BrNO/c1-18-6-4-10-22(14-18)27-16-19-12-13-25(24(26)15-19)28-17-21-9-5-8-20-7-2-3-11-23(20)21/h2-15,27H,16-17H2,1H3. The Balaban J connectivity index is 1.43. The van der Waals surface area contributed by atoms with E-state index in [1.165, 1.54) is 27.5 Å². The van der Waals surface area contributed by atoms with Crippen LogP contribution in [0.1, 0.15) is 16.7 Å². The molecule has 0 unspecified atom stereocenters. The maximum absolute atomic E-state index is 6.10. The maximum atomic E-state index is 6.10. The molecule has 0 saturated carbocycles. The number of benzene rings is 4. The van der Waals surface area contributed by atoms with E-state index in [-0.39, 0.29) is 0 Å². The first-order valence-corrected chi connectivity index (χ1v) is 10.2. The summed E-state index contributed by atoms with van der Waals surface area (Å²) in [4.78, 5) is 0. The summed E-state index contributed by atoms with van der Waals surface area (Å²) in [5, 5.41) is 5.94. The molecule has 28 heavy (non-hydrogen) atoms. The van der Waals surface area contributed by atoms with Crippen molar-refractivity contribution in [3.05, 3.63) is 106 Å². The first kappa shape index (κ1) is 18.6. The molecule has 0 amide bonds. The zero-order valence-electron chi connectivity index (χ0n) is 15.8. The van der Waals surface area contributed by atoms with Crippen LogP contribution in [0.15, 0.2) is 89.4 Å². The van der Waals surface area contributed by atoms with E-state index >= 15 is 0 Å². The largest absolute Gasteiger partial charge is 0.488 e. The molecular weight excluding hydrogens is 410 g/mol. The third-order valence-corrected chi connectivity index (χ3v) is 5.39. The molecule has 0 aliphatic rings. The maximum Gasteiger partial charge on any atom is 0.134 e. The lowest BCUT2D eigenvalue weighted by Crippen LogP contribution is -2.01. The summed E-state index contributed by atoms with van der Waals surface area (Å²) in [6.45, 7) is 3.41. The smallest absolute Gasteiger partial charge is 0.134 e. The van der Waals surface area contributed by atoms with Crippen molar-refractivity contribution in [2.45, 2.75) is 20.1 Å². The number of anilines is 1. The summed E-state index contributed by atoms with van der Waals surface area (Å²) in [6.07, 6.45) is 0. The van der Waals surface area contributed by atoms with Gasteiger partial charge in [0.25, 0.3) is 0 Å². The average molecular weight is 432 g/mol. The second kappa shape index (κ2) is 8.49. The van der Waals surface area contributed by atoms with Crippen molar-refractivity contribution >= 4 is 32.4 Å². The lowest BCUT2D eigenvalue weighted by molar-refractivity contribution is 0.305. The molecule has 1 N–H and O–H groups in total. The molecule has 0 atom stereocenters. The van der Waals surface area contributed by atoms with Crippen molar-refractivity contribution in [2.24, 2.45) is 0 Å². The van der Waals surface area contributed by atoms with E-state index in [2.05, 4.69) is 107 Å². The highest BCUT2D eigenvalue weighted by Gasteiger charge is 2.06. The molecule has 4 aromatic carbocycles. The molecular formula is C25H22BrNO. The number of aryl methyl sites for hydroxylation is 1. The van der Waals surface area contributed by atoms with Crippen molar-refractivity contribution in [3.8, 4) is 5.75 Å². The second-order valence-corrected chi connectivity index (χ2v) is 7.77. The quantitative estimate of drug-likeness (QED) is 0.351. The number of ether oxygens (including phenoxy) is 1. The Morgan fingerprint density at radius 2 is 1.68 bits per heavy atom. The van der Waals surface area contributed by atoms with Crippen LogP contribution in [0.5, 0.6) is 5.75 Å². The van der Waals surface area contributed by atoms with Crippen LogP contribution in [0.25, 0.3) is 10.8 Å². The fourth-order valence-electron chi connectivity index (χ4n) is 3.30. The molecule has 4 rings (SSSR count). The number of hydrogen-bond donors (Lipinski definition) is 1. The number of hydrogen-bond acceptors (Lipinski definition) is 2. The molecule has 0 aromatic heterocycles. The van der Waals surface area contributed by atoms with E-state index in [0.29, 0.717) is 6.61 Å². The summed E-state index contributed by atoms with van der Waals surface area (Å²) >= 11 is 3.66. The van der Waals surface area contributed by atoms with Gasteiger partial charge in [0.05, 0.1) is 4.47 Å². The molecule has 0 saturated heterocycles. The van der Waals surface area contributed by atoms with Gasteiger partial charge in [-0.15, -0.1) is 0 Å². The molecule has 0 aliphatic carbocycles. The fraction of sp³-hybridized carbons (Fsp3) is 0.120. The summed E-state index contributed by atoms with van der Waals surface area (Å²) in [5.74, 6) is 0.854. The molecule has 0 radical (unpaired) electrons. The minimum absolute atomic E-state index is 0.543. The van der Waals surface area contributed by atoms with Crippen LogP contribution >= 0.6 is 15.9 Å². The molecule has 0 spiro atoms. The van der Waals surface area contributed by atoms with Crippen LogP contribution in [0.2, 0.25) is 0 Å². The normalized spacial score (nSPS) is 10.8. The van der Waals surface area contributed by atoms with Crippen molar-refractivity contribution in [1.29, 1.82) is 0 Å². The highest BCUT2D eigenvalue weighted by molar-refractivity contribution is 9.10. The Bertz CT molecular complexity index is 1100. The van der Waals surface area contributed by atoms with Crippen molar-refractivity contribution < 1.29 is 4.74 Å². The summed E-state index contributed by atoms with van der Waals surface area (Å²) in [6, 6.07) is 29.4. The number of fused-ring (bicyclic) bond motifs is 1. The predicted octanol–water partition coefficient (Wildman–Crippen LogP) is 7.10. The van der Waals surface area contributed by atoms with Crippen molar-refractivity contribution in [2.75, 3.05) is 5.32 Å². The van der Waals surface area contributed by atoms with Crippen LogP contribution in [0, 0.1) is 6.92 Å². The molecule has 0 aliphatic heterocycles. The third-order valence-electron chi connectivity index (χ3n) is 4.77. The van der Waals surface area contributed by atoms with Gasteiger partial charge in [0.2, 0.25) is 0 Å². The van der Waals surface area contributed by atoms with E-state index in [1.807, 2.05) is 6.07 Å². The van der Waals surface area contributed by atoms with Gasteiger partial charge in [0.15, 0.2) is 0 Å². The van der Waals surface area contributed by atoms with Gasteiger partial charge in [-0.25, -0.2) is 0 Å². The molecule has 3 heteroatoms. The fourth-order valence-corrected chi connectivity index (χ4v) is 3.85. The molecule has 4 aromatic rings. The number of nitrogens with one attached hydrogen (secondary N) is 1. The van der Waals surface area contributed by atoms with Crippen LogP contribution in [-0.4, -0.2) is 0 Å². The van der Waals surface area contributed by atoms with Gasteiger partial charge in [-0.2, -0.15) is 0 Å². The summed E-state index contributed by atoms with van der Waals surface area (Å²) < 4.78 is 7.07. The second-order valence-electron chi connectivity index (χ2n) is 6.91. The first-order valence-electron chi connectivity index (χ1n) is 9.37. The minimum Gasteiger partial charge on any atom is -0.488 e. The van der Waals surface area contributed by atoms with Gasteiger partial charge >= 0.3 is 0 Å². The average Bonchev–Trinajstić information content (AvgIpc) is 2.71. The molecule has 140 valence electrons. The van der Waals surface area contributed by atoms with Gasteiger partial charge in [0, 0.05) is 12.2 Å². The van der Waals surface area contributed by atoms with Gasteiger partial charge in [-0.05, 0) is 74.6 Å². The summed E-state index contributed by atoms with van der Waals surface area (Å²) in [7, 11) is 0. The van der Waals surface area contributed by atoms with Crippen molar-refractivity contribution in [1.82, 2.24) is 0 Å². The highest BCUT2D eigenvalue weighted by Crippen LogP contribution is 2.28. The molecule has 2 nitrogen and oxygen atoms in total. The predicted molar refractivity (Wildman–Crippen MR) is 121 cm³/mol. The van der Waals surface area contributed by atoms with E-state index in [1.54, 1.807) is 0 Å². The monoisotopic (exact) mass is 431 g/mol. The Labute approximate surface area is 174 Å². The first-order chi connectivity index (χ1) is 13.7. The van der Waals surface area contributed by atoms with Crippen LogP contribution < -0.4 is 10.1 Å². The Morgan fingerprint density at radius 3 is 2.54 bits per heavy atom. The number of halogens is 1. The van der Waals surface area contributed by atoms with Crippen molar-refractivity contribution in [3.63, 3.8) is 0 Å². The van der Waals surface area contributed by atoms with Gasteiger partial charge in [-0.3, -0.25) is 0 Å². The summed E-state index contributed by atoms with van der Waals surface area (Å²) in [5.41, 5.74) is 4.77.